The zero-order chi connectivity index (χ0) is 19.6. The van der Waals surface area contributed by atoms with Gasteiger partial charge in [0.15, 0.2) is 17.5 Å². The summed E-state index contributed by atoms with van der Waals surface area (Å²) < 4.78 is 25.2. The molecule has 0 unspecified atom stereocenters. The van der Waals surface area contributed by atoms with Crippen molar-refractivity contribution >= 4 is 29.9 Å². The van der Waals surface area contributed by atoms with Gasteiger partial charge in [-0.3, -0.25) is 14.9 Å². The van der Waals surface area contributed by atoms with Gasteiger partial charge < -0.3 is 20.1 Å². The Bertz CT molecular complexity index is 773. The van der Waals surface area contributed by atoms with Crippen molar-refractivity contribution in [2.45, 2.75) is 6.54 Å². The lowest BCUT2D eigenvalue weighted by atomic mass is 10.2. The number of pyridine rings is 1. The van der Waals surface area contributed by atoms with Crippen LogP contribution in [0.25, 0.3) is 0 Å². The number of ether oxygens (including phenoxy) is 2. The number of aliphatic imine (C=N–C) groups is 1. The molecule has 0 bridgehead atoms. The lowest BCUT2D eigenvalue weighted by Crippen LogP contribution is -2.44. The van der Waals surface area contributed by atoms with E-state index in [2.05, 4.69) is 25.5 Å². The van der Waals surface area contributed by atoms with E-state index in [1.165, 1.54) is 6.07 Å². The van der Waals surface area contributed by atoms with E-state index in [4.69, 9.17) is 9.47 Å². The molecule has 0 aliphatic carbocycles. The molecule has 9 heteroatoms. The number of benzene rings is 1. The fraction of sp³-hybridized carbons (Fsp3) is 0.400. The van der Waals surface area contributed by atoms with Crippen molar-refractivity contribution in [3.63, 3.8) is 0 Å². The maximum absolute atomic E-state index is 14.3. The van der Waals surface area contributed by atoms with E-state index in [1.54, 1.807) is 37.6 Å². The van der Waals surface area contributed by atoms with Crippen LogP contribution in [0.3, 0.4) is 0 Å². The second kappa shape index (κ2) is 12.6. The predicted octanol–water partition coefficient (Wildman–Crippen LogP) is 2.63. The standard InChI is InChI=1S/C20H26FN5O2.HI/c1-22-20(24-7-8-26-9-11-27-12-10-26)25-14-16-4-5-19(18(21)13-16)28-17-3-2-6-23-15-17;/h2-6,13,15H,7-12,14H2,1H3,(H2,22,24,25);1H. The fourth-order valence-corrected chi connectivity index (χ4v) is 2.84. The molecule has 1 saturated heterocycles. The van der Waals surface area contributed by atoms with Crippen molar-refractivity contribution in [2.24, 2.45) is 4.99 Å². The second-order valence-corrected chi connectivity index (χ2v) is 6.36. The van der Waals surface area contributed by atoms with Gasteiger partial charge >= 0.3 is 0 Å². The lowest BCUT2D eigenvalue weighted by Gasteiger charge is -2.26. The number of rotatable bonds is 7. The fourth-order valence-electron chi connectivity index (χ4n) is 2.84. The Morgan fingerprint density at radius 3 is 2.79 bits per heavy atom. The van der Waals surface area contributed by atoms with Crippen LogP contribution in [0.15, 0.2) is 47.7 Å². The summed E-state index contributed by atoms with van der Waals surface area (Å²) in [6.45, 7) is 5.67. The smallest absolute Gasteiger partial charge is 0.191 e. The quantitative estimate of drug-likeness (QED) is 0.336. The Hall–Kier alpha value is -1.98. The Morgan fingerprint density at radius 1 is 1.28 bits per heavy atom. The van der Waals surface area contributed by atoms with Crippen LogP contribution in [-0.2, 0) is 11.3 Å². The van der Waals surface area contributed by atoms with Crippen LogP contribution in [0.2, 0.25) is 0 Å². The molecular weight excluding hydrogens is 488 g/mol. The average molecular weight is 515 g/mol. The van der Waals surface area contributed by atoms with Gasteiger partial charge in [0, 0.05) is 46.0 Å². The van der Waals surface area contributed by atoms with Crippen LogP contribution < -0.4 is 15.4 Å². The first kappa shape index (κ1) is 23.3. The Kier molecular flexibility index (Phi) is 10.1. The number of guanidine groups is 1. The van der Waals surface area contributed by atoms with Crippen molar-refractivity contribution in [3.05, 3.63) is 54.1 Å². The number of nitrogens with zero attached hydrogens (tertiary/aromatic N) is 3. The number of aromatic nitrogens is 1. The van der Waals surface area contributed by atoms with Crippen LogP contribution in [0.5, 0.6) is 11.5 Å². The van der Waals surface area contributed by atoms with Crippen molar-refractivity contribution in [2.75, 3.05) is 46.4 Å². The zero-order valence-corrected chi connectivity index (χ0v) is 18.8. The van der Waals surface area contributed by atoms with Gasteiger partial charge in [-0.25, -0.2) is 4.39 Å². The van der Waals surface area contributed by atoms with Gasteiger partial charge in [-0.15, -0.1) is 24.0 Å². The second-order valence-electron chi connectivity index (χ2n) is 6.36. The van der Waals surface area contributed by atoms with Crippen molar-refractivity contribution in [1.82, 2.24) is 20.5 Å². The normalized spacial score (nSPS) is 14.8. The Labute approximate surface area is 187 Å². The van der Waals surface area contributed by atoms with Gasteiger partial charge in [0.25, 0.3) is 0 Å². The van der Waals surface area contributed by atoms with Gasteiger partial charge in [0.05, 0.1) is 19.4 Å². The molecule has 1 aliphatic rings. The molecule has 0 amide bonds. The lowest BCUT2D eigenvalue weighted by molar-refractivity contribution is 0.0389. The first-order valence-electron chi connectivity index (χ1n) is 9.35. The summed E-state index contributed by atoms with van der Waals surface area (Å²) in [7, 11) is 1.72. The van der Waals surface area contributed by atoms with Gasteiger partial charge in [0.1, 0.15) is 5.75 Å². The molecule has 1 fully saturated rings. The van der Waals surface area contributed by atoms with E-state index in [1.807, 2.05) is 6.07 Å². The monoisotopic (exact) mass is 515 g/mol. The van der Waals surface area contributed by atoms with Crippen LogP contribution in [0, 0.1) is 5.82 Å². The predicted molar refractivity (Wildman–Crippen MR) is 122 cm³/mol. The molecule has 158 valence electrons. The number of nitrogens with one attached hydrogen (secondary N) is 2. The molecule has 0 radical (unpaired) electrons. The highest BCUT2D eigenvalue weighted by Crippen LogP contribution is 2.24. The van der Waals surface area contributed by atoms with Crippen LogP contribution in [-0.4, -0.2) is 62.3 Å². The number of hydrogen-bond donors (Lipinski definition) is 2. The molecule has 2 heterocycles. The van der Waals surface area contributed by atoms with E-state index in [9.17, 15) is 4.39 Å². The summed E-state index contributed by atoms with van der Waals surface area (Å²) >= 11 is 0. The molecular formula is C20H27FIN5O2. The van der Waals surface area contributed by atoms with Gasteiger partial charge in [-0.05, 0) is 29.8 Å². The first-order valence-corrected chi connectivity index (χ1v) is 9.35. The molecule has 7 nitrogen and oxygen atoms in total. The topological polar surface area (TPSA) is 71.0 Å². The number of halogens is 2. The minimum absolute atomic E-state index is 0. The average Bonchev–Trinajstić information content (AvgIpc) is 2.74. The third-order valence-corrected chi connectivity index (χ3v) is 4.37. The van der Waals surface area contributed by atoms with Crippen LogP contribution in [0.4, 0.5) is 4.39 Å². The molecule has 0 saturated carbocycles. The molecule has 1 aromatic carbocycles. The minimum atomic E-state index is -0.418. The summed E-state index contributed by atoms with van der Waals surface area (Å²) in [5.41, 5.74) is 0.798. The summed E-state index contributed by atoms with van der Waals surface area (Å²) in [6, 6.07) is 8.37. The van der Waals surface area contributed by atoms with Crippen molar-refractivity contribution in [3.8, 4) is 11.5 Å². The Balaban J connectivity index is 0.00000300. The number of morpholine rings is 1. The number of hydrogen-bond acceptors (Lipinski definition) is 5. The summed E-state index contributed by atoms with van der Waals surface area (Å²) in [5.74, 6) is 0.935. The molecule has 1 aromatic heterocycles. The molecule has 0 spiro atoms. The highest BCUT2D eigenvalue weighted by molar-refractivity contribution is 14.0. The third kappa shape index (κ3) is 7.75. The van der Waals surface area contributed by atoms with Crippen LogP contribution in [0.1, 0.15) is 5.56 Å². The molecule has 1 aliphatic heterocycles. The largest absolute Gasteiger partial charge is 0.453 e. The first-order chi connectivity index (χ1) is 13.7. The maximum Gasteiger partial charge on any atom is 0.191 e. The summed E-state index contributed by atoms with van der Waals surface area (Å²) in [4.78, 5) is 10.5. The molecule has 3 rings (SSSR count). The maximum atomic E-state index is 14.3. The van der Waals surface area contributed by atoms with Gasteiger partial charge in [0.2, 0.25) is 0 Å². The summed E-state index contributed by atoms with van der Waals surface area (Å²) in [5, 5.41) is 6.47. The SMILES string of the molecule is CN=C(NCCN1CCOCC1)NCc1ccc(Oc2cccnc2)c(F)c1.I. The van der Waals surface area contributed by atoms with E-state index in [0.717, 1.165) is 45.0 Å². The molecule has 2 N–H and O–H groups in total. The third-order valence-electron chi connectivity index (χ3n) is 4.37. The highest BCUT2D eigenvalue weighted by atomic mass is 127. The van der Waals surface area contributed by atoms with E-state index >= 15 is 0 Å². The highest BCUT2D eigenvalue weighted by Gasteiger charge is 2.10. The molecule has 29 heavy (non-hydrogen) atoms. The van der Waals surface area contributed by atoms with Crippen molar-refractivity contribution < 1.29 is 13.9 Å². The van der Waals surface area contributed by atoms with Crippen molar-refractivity contribution in [1.29, 1.82) is 0 Å². The van der Waals surface area contributed by atoms with E-state index < -0.39 is 5.82 Å². The van der Waals surface area contributed by atoms with E-state index in [-0.39, 0.29) is 29.7 Å². The Morgan fingerprint density at radius 2 is 2.10 bits per heavy atom. The molecule has 2 aromatic rings. The van der Waals surface area contributed by atoms with E-state index in [0.29, 0.717) is 18.3 Å². The molecule has 0 atom stereocenters. The van der Waals surface area contributed by atoms with Crippen LogP contribution >= 0.6 is 24.0 Å². The van der Waals surface area contributed by atoms with Gasteiger partial charge in [-0.2, -0.15) is 0 Å². The summed E-state index contributed by atoms with van der Waals surface area (Å²) in [6.07, 6.45) is 3.18. The zero-order valence-electron chi connectivity index (χ0n) is 16.4. The minimum Gasteiger partial charge on any atom is -0.453 e. The van der Waals surface area contributed by atoms with Gasteiger partial charge in [-0.1, -0.05) is 6.07 Å².